The van der Waals surface area contributed by atoms with Crippen molar-refractivity contribution in [3.05, 3.63) is 22.3 Å². The lowest BCUT2D eigenvalue weighted by molar-refractivity contribution is -0.139. The Hall–Kier alpha value is -1.91. The van der Waals surface area contributed by atoms with Crippen LogP contribution in [0.3, 0.4) is 0 Å². The first kappa shape index (κ1) is 14.2. The van der Waals surface area contributed by atoms with Gasteiger partial charge in [0.15, 0.2) is 5.78 Å². The molecule has 1 rings (SSSR count). The largest absolute Gasteiger partial charge is 0.466 e. The molecule has 0 aromatic carbocycles. The van der Waals surface area contributed by atoms with Crippen LogP contribution in [-0.4, -0.2) is 31.9 Å². The Morgan fingerprint density at radius 1 is 0.889 bits per heavy atom. The van der Waals surface area contributed by atoms with Gasteiger partial charge in [0.1, 0.15) is 0 Å². The first-order chi connectivity index (χ1) is 8.42. The third-order valence-corrected chi connectivity index (χ3v) is 2.96. The van der Waals surface area contributed by atoms with Crippen molar-refractivity contribution in [3.63, 3.8) is 0 Å². The van der Waals surface area contributed by atoms with Crippen molar-refractivity contribution in [2.75, 3.05) is 14.2 Å². The number of ketones is 1. The number of carbonyl (C=O) groups is 3. The summed E-state index contributed by atoms with van der Waals surface area (Å²) in [5, 5.41) is 0. The van der Waals surface area contributed by atoms with Gasteiger partial charge in [0.25, 0.3) is 0 Å². The van der Waals surface area contributed by atoms with Crippen LogP contribution in [0.4, 0.5) is 0 Å². The van der Waals surface area contributed by atoms with Crippen molar-refractivity contribution in [3.8, 4) is 0 Å². The number of ether oxygens (including phenoxy) is 2. The number of carbonyl (C=O) groups excluding carboxylic acids is 3. The molecule has 18 heavy (non-hydrogen) atoms. The minimum absolute atomic E-state index is 0.0992. The third-order valence-electron chi connectivity index (χ3n) is 2.96. The number of hydrogen-bond donors (Lipinski definition) is 0. The number of esters is 2. The molecule has 0 fully saturated rings. The summed E-state index contributed by atoms with van der Waals surface area (Å²) in [5.74, 6) is -1.25. The van der Waals surface area contributed by atoms with Gasteiger partial charge in [0.05, 0.1) is 25.4 Å². The highest BCUT2D eigenvalue weighted by Crippen LogP contribution is 2.31. The fourth-order valence-corrected chi connectivity index (χ4v) is 1.98. The molecule has 0 aromatic rings. The van der Waals surface area contributed by atoms with Crippen molar-refractivity contribution < 1.29 is 23.9 Å². The number of hydrogen-bond acceptors (Lipinski definition) is 5. The second-order valence-electron chi connectivity index (χ2n) is 4.11. The minimum Gasteiger partial charge on any atom is -0.466 e. The zero-order valence-electron chi connectivity index (χ0n) is 11.0. The Bertz CT molecular complexity index is 468. The van der Waals surface area contributed by atoms with Crippen molar-refractivity contribution in [1.82, 2.24) is 0 Å². The van der Waals surface area contributed by atoms with Gasteiger partial charge in [-0.05, 0) is 19.4 Å². The number of rotatable bonds is 3. The van der Waals surface area contributed by atoms with Crippen LogP contribution in [0.15, 0.2) is 22.3 Å². The molecule has 0 saturated heterocycles. The minimum atomic E-state index is -0.596. The van der Waals surface area contributed by atoms with Crippen molar-refractivity contribution in [1.29, 1.82) is 0 Å². The van der Waals surface area contributed by atoms with Gasteiger partial charge in [-0.25, -0.2) is 9.59 Å². The summed E-state index contributed by atoms with van der Waals surface area (Å²) < 4.78 is 9.29. The van der Waals surface area contributed by atoms with Crippen molar-refractivity contribution in [2.24, 2.45) is 0 Å². The van der Waals surface area contributed by atoms with E-state index in [9.17, 15) is 14.4 Å². The SMILES string of the molecule is COC(=O)C1=C(C(=O)OC)CC(C(C)=O)=C(C)C1. The third kappa shape index (κ3) is 2.67. The van der Waals surface area contributed by atoms with Crippen molar-refractivity contribution in [2.45, 2.75) is 26.7 Å². The topological polar surface area (TPSA) is 69.7 Å². The molecule has 5 nitrogen and oxygen atoms in total. The molecule has 0 aromatic heterocycles. The predicted octanol–water partition coefficient (Wildman–Crippen LogP) is 1.33. The molecule has 98 valence electrons. The summed E-state index contributed by atoms with van der Waals surface area (Å²) >= 11 is 0. The fourth-order valence-electron chi connectivity index (χ4n) is 1.98. The fraction of sp³-hybridized carbons (Fsp3) is 0.462. The molecular formula is C13H16O5. The van der Waals surface area contributed by atoms with Crippen LogP contribution in [0.5, 0.6) is 0 Å². The molecule has 5 heteroatoms. The average molecular weight is 252 g/mol. The van der Waals surface area contributed by atoms with Gasteiger partial charge in [0.2, 0.25) is 0 Å². The summed E-state index contributed by atoms with van der Waals surface area (Å²) in [6.07, 6.45) is 0.365. The molecule has 0 spiro atoms. The molecule has 0 heterocycles. The normalized spacial score (nSPS) is 15.6. The average Bonchev–Trinajstić information content (AvgIpc) is 2.36. The Balaban J connectivity index is 3.21. The van der Waals surface area contributed by atoms with E-state index in [1.165, 1.54) is 21.1 Å². The summed E-state index contributed by atoms with van der Waals surface area (Å²) in [6, 6.07) is 0. The van der Waals surface area contributed by atoms with Gasteiger partial charge in [0, 0.05) is 12.8 Å². The zero-order chi connectivity index (χ0) is 13.9. The summed E-state index contributed by atoms with van der Waals surface area (Å²) in [5.41, 5.74) is 1.82. The maximum atomic E-state index is 11.7. The monoisotopic (exact) mass is 252 g/mol. The molecule has 1 aliphatic carbocycles. The lowest BCUT2D eigenvalue weighted by Crippen LogP contribution is -2.21. The molecular weight excluding hydrogens is 236 g/mol. The highest BCUT2D eigenvalue weighted by atomic mass is 16.5. The highest BCUT2D eigenvalue weighted by molar-refractivity contribution is 6.05. The quantitative estimate of drug-likeness (QED) is 0.709. The van der Waals surface area contributed by atoms with Crippen LogP contribution in [0.2, 0.25) is 0 Å². The molecule has 0 aliphatic heterocycles. The predicted molar refractivity (Wildman–Crippen MR) is 63.7 cm³/mol. The molecule has 0 unspecified atom stereocenters. The van der Waals surface area contributed by atoms with Gasteiger partial charge in [-0.2, -0.15) is 0 Å². The van der Waals surface area contributed by atoms with E-state index < -0.39 is 11.9 Å². The molecule has 0 atom stereocenters. The summed E-state index contributed by atoms with van der Waals surface area (Å²) in [4.78, 5) is 34.7. The van der Waals surface area contributed by atoms with Crippen LogP contribution in [0.25, 0.3) is 0 Å². The second-order valence-corrected chi connectivity index (χ2v) is 4.11. The van der Waals surface area contributed by atoms with Crippen LogP contribution < -0.4 is 0 Å². The standard InChI is InChI=1S/C13H16O5/c1-7-5-10(12(15)17-3)11(13(16)18-4)6-9(7)8(2)14/h5-6H2,1-4H3. The van der Waals surface area contributed by atoms with Gasteiger partial charge in [-0.1, -0.05) is 5.57 Å². The number of allylic oxidation sites excluding steroid dienone is 2. The van der Waals surface area contributed by atoms with Gasteiger partial charge < -0.3 is 9.47 Å². The smallest absolute Gasteiger partial charge is 0.334 e. The molecule has 1 aliphatic rings. The highest BCUT2D eigenvalue weighted by Gasteiger charge is 2.29. The van der Waals surface area contributed by atoms with Crippen LogP contribution in [0, 0.1) is 0 Å². The summed E-state index contributed by atoms with van der Waals surface area (Å²) in [6.45, 7) is 3.21. The van der Waals surface area contributed by atoms with E-state index in [0.717, 1.165) is 5.57 Å². The van der Waals surface area contributed by atoms with Gasteiger partial charge in [-0.15, -0.1) is 0 Å². The molecule has 0 amide bonds. The maximum absolute atomic E-state index is 11.7. The molecule has 0 saturated carbocycles. The Morgan fingerprint density at radius 2 is 1.33 bits per heavy atom. The van der Waals surface area contributed by atoms with Crippen molar-refractivity contribution >= 4 is 17.7 Å². The van der Waals surface area contributed by atoms with E-state index in [2.05, 4.69) is 9.47 Å². The first-order valence-electron chi connectivity index (χ1n) is 5.50. The molecule has 0 bridgehead atoms. The van der Waals surface area contributed by atoms with Gasteiger partial charge in [-0.3, -0.25) is 4.79 Å². The molecule has 0 N–H and O–H groups in total. The van der Waals surface area contributed by atoms with Crippen LogP contribution in [-0.2, 0) is 23.9 Å². The van der Waals surface area contributed by atoms with Gasteiger partial charge >= 0.3 is 11.9 Å². The lowest BCUT2D eigenvalue weighted by Gasteiger charge is -2.20. The maximum Gasteiger partial charge on any atom is 0.334 e. The van der Waals surface area contributed by atoms with Crippen LogP contribution in [0.1, 0.15) is 26.7 Å². The summed E-state index contributed by atoms with van der Waals surface area (Å²) in [7, 11) is 2.49. The Labute approximate surface area is 105 Å². The lowest BCUT2D eigenvalue weighted by atomic mass is 9.85. The Morgan fingerprint density at radius 3 is 1.72 bits per heavy atom. The van der Waals surface area contributed by atoms with Crippen LogP contribution >= 0.6 is 0 Å². The van der Waals surface area contributed by atoms with E-state index in [4.69, 9.17) is 0 Å². The molecule has 0 radical (unpaired) electrons. The van der Waals surface area contributed by atoms with E-state index in [0.29, 0.717) is 5.57 Å². The second kappa shape index (κ2) is 5.62. The van der Waals surface area contributed by atoms with E-state index in [-0.39, 0.29) is 29.8 Å². The van der Waals surface area contributed by atoms with E-state index in [1.807, 2.05) is 0 Å². The number of Topliss-reactive ketones (excluding diaryl/α,β-unsaturated/α-hetero) is 1. The Kier molecular flexibility index (Phi) is 4.42. The van der Waals surface area contributed by atoms with E-state index in [1.54, 1.807) is 6.92 Å². The van der Waals surface area contributed by atoms with E-state index >= 15 is 0 Å². The zero-order valence-corrected chi connectivity index (χ0v) is 11.0. The first-order valence-corrected chi connectivity index (χ1v) is 5.50. The number of methoxy groups -OCH3 is 2.